The summed E-state index contributed by atoms with van der Waals surface area (Å²) in [6.07, 6.45) is 6.00. The van der Waals surface area contributed by atoms with Gasteiger partial charge in [0.2, 0.25) is 0 Å². The first kappa shape index (κ1) is 18.2. The standard InChI is InChI=1S/C16H32N2O3S/c1-13-7-9-18(10-8-13)12-14(19)11-17(2)15-5-4-6-16(15)22(3,20)21/h13-16,19H,4-12H2,1-3H3. The van der Waals surface area contributed by atoms with E-state index < -0.39 is 15.9 Å². The van der Waals surface area contributed by atoms with Gasteiger partial charge in [-0.25, -0.2) is 8.42 Å². The van der Waals surface area contributed by atoms with Crippen LogP contribution in [-0.4, -0.2) is 80.2 Å². The van der Waals surface area contributed by atoms with E-state index in [1.165, 1.54) is 19.1 Å². The zero-order valence-electron chi connectivity index (χ0n) is 14.2. The van der Waals surface area contributed by atoms with Crippen molar-refractivity contribution in [1.29, 1.82) is 0 Å². The molecule has 0 spiro atoms. The van der Waals surface area contributed by atoms with Crippen molar-refractivity contribution in [1.82, 2.24) is 9.80 Å². The van der Waals surface area contributed by atoms with E-state index >= 15 is 0 Å². The molecule has 2 aliphatic rings. The molecule has 6 heteroatoms. The zero-order valence-corrected chi connectivity index (χ0v) is 15.1. The molecule has 3 unspecified atom stereocenters. The lowest BCUT2D eigenvalue weighted by Gasteiger charge is -2.34. The van der Waals surface area contributed by atoms with Crippen LogP contribution in [0.15, 0.2) is 0 Å². The Balaban J connectivity index is 1.82. The predicted molar refractivity (Wildman–Crippen MR) is 89.7 cm³/mol. The molecule has 0 aromatic carbocycles. The SMILES string of the molecule is CC1CCN(CC(O)CN(C)C2CCCC2S(C)(=O)=O)CC1. The molecule has 2 fully saturated rings. The van der Waals surface area contributed by atoms with E-state index in [2.05, 4.69) is 16.7 Å². The molecule has 0 radical (unpaired) electrons. The van der Waals surface area contributed by atoms with Crippen LogP contribution in [0.5, 0.6) is 0 Å². The van der Waals surface area contributed by atoms with Crippen LogP contribution in [-0.2, 0) is 9.84 Å². The van der Waals surface area contributed by atoms with Crippen molar-refractivity contribution >= 4 is 9.84 Å². The number of piperidine rings is 1. The molecule has 1 heterocycles. The third-order valence-electron chi connectivity index (χ3n) is 5.38. The normalized spacial score (nSPS) is 30.0. The highest BCUT2D eigenvalue weighted by Gasteiger charge is 2.37. The monoisotopic (exact) mass is 332 g/mol. The summed E-state index contributed by atoms with van der Waals surface area (Å²) in [5.74, 6) is 0.796. The van der Waals surface area contributed by atoms with E-state index in [-0.39, 0.29) is 11.3 Å². The summed E-state index contributed by atoms with van der Waals surface area (Å²) in [5, 5.41) is 10.1. The molecule has 130 valence electrons. The Kier molecular flexibility index (Phi) is 6.28. The fourth-order valence-electron chi connectivity index (χ4n) is 3.98. The minimum atomic E-state index is -3.00. The molecule has 0 amide bonds. The van der Waals surface area contributed by atoms with E-state index in [1.54, 1.807) is 0 Å². The summed E-state index contributed by atoms with van der Waals surface area (Å²) in [6.45, 7) is 5.68. The van der Waals surface area contributed by atoms with Gasteiger partial charge in [0.25, 0.3) is 0 Å². The lowest BCUT2D eigenvalue weighted by Crippen LogP contribution is -2.47. The zero-order chi connectivity index (χ0) is 16.3. The van der Waals surface area contributed by atoms with Crippen molar-refractivity contribution in [3.05, 3.63) is 0 Å². The van der Waals surface area contributed by atoms with Crippen LogP contribution in [0, 0.1) is 5.92 Å². The number of nitrogens with zero attached hydrogens (tertiary/aromatic N) is 2. The maximum Gasteiger partial charge on any atom is 0.151 e. The fraction of sp³-hybridized carbons (Fsp3) is 1.00. The van der Waals surface area contributed by atoms with Gasteiger partial charge >= 0.3 is 0 Å². The van der Waals surface area contributed by atoms with E-state index in [1.807, 2.05) is 7.05 Å². The van der Waals surface area contributed by atoms with Crippen molar-refractivity contribution in [2.24, 2.45) is 5.92 Å². The van der Waals surface area contributed by atoms with Crippen LogP contribution < -0.4 is 0 Å². The number of β-amino-alcohol motifs (C(OH)–C–C–N with tert-alkyl or cyclic N) is 1. The lowest BCUT2D eigenvalue weighted by atomic mass is 9.99. The highest BCUT2D eigenvalue weighted by Crippen LogP contribution is 2.28. The van der Waals surface area contributed by atoms with E-state index in [0.29, 0.717) is 13.1 Å². The molecule has 0 bridgehead atoms. The summed E-state index contributed by atoms with van der Waals surface area (Å²) in [4.78, 5) is 4.40. The van der Waals surface area contributed by atoms with Gasteiger partial charge < -0.3 is 10.0 Å². The maximum absolute atomic E-state index is 11.9. The van der Waals surface area contributed by atoms with E-state index in [0.717, 1.165) is 38.3 Å². The van der Waals surface area contributed by atoms with Crippen LogP contribution in [0.3, 0.4) is 0 Å². The van der Waals surface area contributed by atoms with Gasteiger partial charge in [-0.2, -0.15) is 0 Å². The molecule has 2 rings (SSSR count). The topological polar surface area (TPSA) is 60.9 Å². The molecule has 1 aliphatic carbocycles. The Labute approximate surface area is 135 Å². The van der Waals surface area contributed by atoms with Gasteiger partial charge in [0.15, 0.2) is 9.84 Å². The first-order valence-corrected chi connectivity index (χ1v) is 10.5. The van der Waals surface area contributed by atoms with Crippen LogP contribution in [0.4, 0.5) is 0 Å². The number of likely N-dealkylation sites (N-methyl/N-ethyl adjacent to an activating group) is 1. The minimum Gasteiger partial charge on any atom is -0.390 e. The summed E-state index contributed by atoms with van der Waals surface area (Å²) in [5.41, 5.74) is 0. The van der Waals surface area contributed by atoms with Crippen molar-refractivity contribution in [3.8, 4) is 0 Å². The maximum atomic E-state index is 11.9. The van der Waals surface area contributed by atoms with Gasteiger partial charge in [0.1, 0.15) is 0 Å². The van der Waals surface area contributed by atoms with Gasteiger partial charge in [-0.3, -0.25) is 4.90 Å². The van der Waals surface area contributed by atoms with Gasteiger partial charge in [-0.1, -0.05) is 13.3 Å². The Morgan fingerprint density at radius 1 is 1.23 bits per heavy atom. The molecular weight excluding hydrogens is 300 g/mol. The third-order valence-corrected chi connectivity index (χ3v) is 7.03. The lowest BCUT2D eigenvalue weighted by molar-refractivity contribution is 0.0580. The summed E-state index contributed by atoms with van der Waals surface area (Å²) < 4.78 is 23.8. The number of aliphatic hydroxyl groups excluding tert-OH is 1. The largest absolute Gasteiger partial charge is 0.390 e. The minimum absolute atomic E-state index is 0.0611. The van der Waals surface area contributed by atoms with Gasteiger partial charge in [-0.05, 0) is 51.7 Å². The highest BCUT2D eigenvalue weighted by atomic mass is 32.2. The average molecular weight is 333 g/mol. The number of hydrogen-bond acceptors (Lipinski definition) is 5. The van der Waals surface area contributed by atoms with Crippen molar-refractivity contribution in [2.75, 3.05) is 39.5 Å². The van der Waals surface area contributed by atoms with Gasteiger partial charge in [-0.15, -0.1) is 0 Å². The van der Waals surface area contributed by atoms with Crippen molar-refractivity contribution in [2.45, 2.75) is 56.4 Å². The molecule has 1 N–H and O–H groups in total. The first-order chi connectivity index (χ1) is 10.3. The van der Waals surface area contributed by atoms with Crippen molar-refractivity contribution in [3.63, 3.8) is 0 Å². The molecule has 1 saturated carbocycles. The van der Waals surface area contributed by atoms with Crippen LogP contribution in [0.25, 0.3) is 0 Å². The first-order valence-electron chi connectivity index (χ1n) is 8.57. The second kappa shape index (κ2) is 7.60. The second-order valence-electron chi connectivity index (χ2n) is 7.44. The summed E-state index contributed by atoms with van der Waals surface area (Å²) in [7, 11) is -1.05. The molecule has 0 aromatic heterocycles. The number of likely N-dealkylation sites (tertiary alicyclic amines) is 1. The Morgan fingerprint density at radius 2 is 1.86 bits per heavy atom. The quantitative estimate of drug-likeness (QED) is 0.785. The molecule has 5 nitrogen and oxygen atoms in total. The van der Waals surface area contributed by atoms with Crippen LogP contribution >= 0.6 is 0 Å². The van der Waals surface area contributed by atoms with Crippen molar-refractivity contribution < 1.29 is 13.5 Å². The van der Waals surface area contributed by atoms with Gasteiger partial charge in [0.05, 0.1) is 11.4 Å². The second-order valence-corrected chi connectivity index (χ2v) is 9.71. The average Bonchev–Trinajstić information content (AvgIpc) is 2.90. The van der Waals surface area contributed by atoms with E-state index in [4.69, 9.17) is 0 Å². The Hall–Kier alpha value is -0.170. The number of rotatable bonds is 6. The fourth-order valence-corrected chi connectivity index (χ4v) is 5.49. The molecule has 1 aliphatic heterocycles. The van der Waals surface area contributed by atoms with Crippen LogP contribution in [0.2, 0.25) is 0 Å². The van der Waals surface area contributed by atoms with Crippen LogP contribution in [0.1, 0.15) is 39.0 Å². The molecule has 22 heavy (non-hydrogen) atoms. The molecule has 1 saturated heterocycles. The van der Waals surface area contributed by atoms with E-state index in [9.17, 15) is 13.5 Å². The number of sulfone groups is 1. The smallest absolute Gasteiger partial charge is 0.151 e. The predicted octanol–water partition coefficient (Wildman–Crippen LogP) is 0.977. The highest BCUT2D eigenvalue weighted by molar-refractivity contribution is 7.91. The molecular formula is C16H32N2O3S. The number of hydrogen-bond donors (Lipinski definition) is 1. The third kappa shape index (κ3) is 4.91. The summed E-state index contributed by atoms with van der Waals surface area (Å²) in [6, 6.07) is 0.0611. The Bertz CT molecular complexity index is 446. The molecule has 3 atom stereocenters. The Morgan fingerprint density at radius 3 is 2.45 bits per heavy atom. The summed E-state index contributed by atoms with van der Waals surface area (Å²) >= 11 is 0. The number of aliphatic hydroxyl groups is 1. The molecule has 0 aromatic rings. The van der Waals surface area contributed by atoms with Gasteiger partial charge in [0, 0.05) is 25.4 Å².